The number of aromatic nitrogens is 3. The van der Waals surface area contributed by atoms with Crippen LogP contribution in [0.1, 0.15) is 27.4 Å². The molecule has 3 rings (SSSR count). The average Bonchev–Trinajstić information content (AvgIpc) is 3.20. The van der Waals surface area contributed by atoms with E-state index < -0.39 is 17.9 Å². The van der Waals surface area contributed by atoms with Crippen LogP contribution in [-0.2, 0) is 16.6 Å². The van der Waals surface area contributed by atoms with Crippen molar-refractivity contribution in [3.05, 3.63) is 42.0 Å². The monoisotopic (exact) mass is 343 g/mol. The van der Waals surface area contributed by atoms with Crippen LogP contribution < -0.4 is 10.2 Å². The van der Waals surface area contributed by atoms with Crippen molar-refractivity contribution in [2.45, 2.75) is 12.5 Å². The molecule has 0 aromatic carbocycles. The summed E-state index contributed by atoms with van der Waals surface area (Å²) in [4.78, 5) is 41.9. The number of pyridine rings is 1. The second-order valence-electron chi connectivity index (χ2n) is 5.58. The fourth-order valence-electron chi connectivity index (χ4n) is 2.63. The van der Waals surface area contributed by atoms with Crippen molar-refractivity contribution in [3.8, 4) is 0 Å². The number of amides is 2. The minimum absolute atomic E-state index is 0.0323. The molecule has 2 aromatic heterocycles. The van der Waals surface area contributed by atoms with E-state index in [4.69, 9.17) is 0 Å². The Morgan fingerprint density at radius 3 is 2.76 bits per heavy atom. The third-order valence-corrected chi connectivity index (χ3v) is 3.89. The van der Waals surface area contributed by atoms with Crippen LogP contribution in [0, 0.1) is 0 Å². The normalized spacial score (nSPS) is 16.8. The van der Waals surface area contributed by atoms with Crippen LogP contribution in [0.25, 0.3) is 0 Å². The standard InChI is InChI=1S/C16H17N5O4/c1-20-9-10(8-17-20)21-7-6-12(15(21)23)19-14(22)11-4-3-5-13(18-11)16(24)25-2/h3-5,8-9,12H,6-7H2,1-2H3,(H,19,22)/t12-/m0/s1. The van der Waals surface area contributed by atoms with Gasteiger partial charge in [0.1, 0.15) is 17.4 Å². The quantitative estimate of drug-likeness (QED) is 0.791. The van der Waals surface area contributed by atoms with Gasteiger partial charge in [0.2, 0.25) is 5.91 Å². The predicted molar refractivity (Wildman–Crippen MR) is 87.0 cm³/mol. The van der Waals surface area contributed by atoms with Crippen LogP contribution in [0.5, 0.6) is 0 Å². The number of anilines is 1. The summed E-state index contributed by atoms with van der Waals surface area (Å²) in [6.45, 7) is 0.491. The van der Waals surface area contributed by atoms with Gasteiger partial charge < -0.3 is 15.0 Å². The first kappa shape index (κ1) is 16.6. The van der Waals surface area contributed by atoms with E-state index in [1.165, 1.54) is 25.3 Å². The molecule has 1 atom stereocenters. The molecule has 2 amide bonds. The number of nitrogens with one attached hydrogen (secondary N) is 1. The zero-order chi connectivity index (χ0) is 18.0. The molecule has 3 heterocycles. The maximum absolute atomic E-state index is 12.5. The largest absolute Gasteiger partial charge is 0.464 e. The zero-order valence-electron chi connectivity index (χ0n) is 13.8. The van der Waals surface area contributed by atoms with E-state index in [1.54, 1.807) is 29.0 Å². The van der Waals surface area contributed by atoms with Crippen molar-refractivity contribution in [2.24, 2.45) is 7.05 Å². The minimum atomic E-state index is -0.642. The number of esters is 1. The lowest BCUT2D eigenvalue weighted by Gasteiger charge is -2.15. The Balaban J connectivity index is 1.69. The maximum Gasteiger partial charge on any atom is 0.356 e. The van der Waals surface area contributed by atoms with Crippen LogP contribution in [-0.4, -0.2) is 52.2 Å². The molecular formula is C16H17N5O4. The Kier molecular flexibility index (Phi) is 4.46. The Labute approximate surface area is 143 Å². The van der Waals surface area contributed by atoms with Crippen molar-refractivity contribution in [1.29, 1.82) is 0 Å². The average molecular weight is 343 g/mol. The third kappa shape index (κ3) is 3.35. The lowest BCUT2D eigenvalue weighted by molar-refractivity contribution is -0.118. The zero-order valence-corrected chi connectivity index (χ0v) is 13.8. The summed E-state index contributed by atoms with van der Waals surface area (Å²) < 4.78 is 6.19. The van der Waals surface area contributed by atoms with Crippen molar-refractivity contribution < 1.29 is 19.1 Å². The van der Waals surface area contributed by atoms with E-state index in [9.17, 15) is 14.4 Å². The van der Waals surface area contributed by atoms with Crippen LogP contribution in [0.2, 0.25) is 0 Å². The van der Waals surface area contributed by atoms with Gasteiger partial charge >= 0.3 is 5.97 Å². The number of methoxy groups -OCH3 is 1. The topological polar surface area (TPSA) is 106 Å². The van der Waals surface area contributed by atoms with Crippen molar-refractivity contribution in [2.75, 3.05) is 18.6 Å². The summed E-state index contributed by atoms with van der Waals surface area (Å²) in [5.41, 5.74) is 0.774. The fourth-order valence-corrected chi connectivity index (χ4v) is 2.63. The number of carbonyl (C=O) groups excluding carboxylic acids is 3. The molecule has 1 aliphatic heterocycles. The number of hydrogen-bond donors (Lipinski definition) is 1. The number of aryl methyl sites for hydroxylation is 1. The second kappa shape index (κ2) is 6.71. The second-order valence-corrected chi connectivity index (χ2v) is 5.58. The van der Waals surface area contributed by atoms with Crippen LogP contribution in [0.3, 0.4) is 0 Å². The molecule has 0 unspecified atom stereocenters. The highest BCUT2D eigenvalue weighted by atomic mass is 16.5. The third-order valence-electron chi connectivity index (χ3n) is 3.89. The first-order chi connectivity index (χ1) is 12.0. The minimum Gasteiger partial charge on any atom is -0.464 e. The smallest absolute Gasteiger partial charge is 0.356 e. The van der Waals surface area contributed by atoms with Crippen LogP contribution >= 0.6 is 0 Å². The summed E-state index contributed by atoms with van der Waals surface area (Å²) in [6.07, 6.45) is 3.82. The lowest BCUT2D eigenvalue weighted by atomic mass is 10.2. The Morgan fingerprint density at radius 1 is 1.32 bits per heavy atom. The van der Waals surface area contributed by atoms with Crippen molar-refractivity contribution in [1.82, 2.24) is 20.1 Å². The van der Waals surface area contributed by atoms with E-state index >= 15 is 0 Å². The van der Waals surface area contributed by atoms with Gasteiger partial charge in [-0.2, -0.15) is 5.10 Å². The van der Waals surface area contributed by atoms with E-state index in [2.05, 4.69) is 20.1 Å². The highest BCUT2D eigenvalue weighted by molar-refractivity contribution is 6.03. The van der Waals surface area contributed by atoms with Crippen molar-refractivity contribution in [3.63, 3.8) is 0 Å². The Hall–Kier alpha value is -3.23. The molecule has 0 radical (unpaired) electrons. The number of carbonyl (C=O) groups is 3. The summed E-state index contributed by atoms with van der Waals surface area (Å²) in [5.74, 6) is -1.35. The number of rotatable bonds is 4. The fraction of sp³-hybridized carbons (Fsp3) is 0.312. The Bertz CT molecular complexity index is 831. The molecule has 25 heavy (non-hydrogen) atoms. The number of hydrogen-bond acceptors (Lipinski definition) is 6. The van der Waals surface area contributed by atoms with Gasteiger partial charge in [-0.05, 0) is 18.6 Å². The van der Waals surface area contributed by atoms with Gasteiger partial charge in [0.25, 0.3) is 5.91 Å². The summed E-state index contributed by atoms with van der Waals surface area (Å²) in [7, 11) is 3.00. The van der Waals surface area contributed by atoms with E-state index in [-0.39, 0.29) is 17.3 Å². The molecule has 9 nitrogen and oxygen atoms in total. The van der Waals surface area contributed by atoms with E-state index in [1.807, 2.05) is 0 Å². The molecule has 0 bridgehead atoms. The van der Waals surface area contributed by atoms with E-state index in [0.717, 1.165) is 0 Å². The lowest BCUT2D eigenvalue weighted by Crippen LogP contribution is -2.41. The van der Waals surface area contributed by atoms with Gasteiger partial charge in [-0.1, -0.05) is 6.07 Å². The van der Waals surface area contributed by atoms with Gasteiger partial charge in [-0.3, -0.25) is 14.3 Å². The molecule has 1 aliphatic rings. The van der Waals surface area contributed by atoms with Gasteiger partial charge in [-0.25, -0.2) is 9.78 Å². The van der Waals surface area contributed by atoms with Crippen LogP contribution in [0.4, 0.5) is 5.69 Å². The highest BCUT2D eigenvalue weighted by Gasteiger charge is 2.34. The van der Waals surface area contributed by atoms with Crippen molar-refractivity contribution >= 4 is 23.5 Å². The van der Waals surface area contributed by atoms with E-state index in [0.29, 0.717) is 18.7 Å². The molecule has 1 fully saturated rings. The summed E-state index contributed by atoms with van der Waals surface area (Å²) in [6, 6.07) is 3.82. The van der Waals surface area contributed by atoms with Crippen LogP contribution in [0.15, 0.2) is 30.6 Å². The van der Waals surface area contributed by atoms with Gasteiger partial charge in [-0.15, -0.1) is 0 Å². The molecule has 0 aliphatic carbocycles. The SMILES string of the molecule is COC(=O)c1cccc(C(=O)N[C@H]2CCN(c3cnn(C)c3)C2=O)n1. The van der Waals surface area contributed by atoms with Gasteiger partial charge in [0, 0.05) is 19.8 Å². The van der Waals surface area contributed by atoms with Gasteiger partial charge in [0.15, 0.2) is 0 Å². The molecular weight excluding hydrogens is 326 g/mol. The first-order valence-electron chi connectivity index (χ1n) is 7.66. The molecule has 1 N–H and O–H groups in total. The Morgan fingerprint density at radius 2 is 2.08 bits per heavy atom. The molecule has 130 valence electrons. The highest BCUT2D eigenvalue weighted by Crippen LogP contribution is 2.20. The molecule has 0 spiro atoms. The van der Waals surface area contributed by atoms with Gasteiger partial charge in [0.05, 0.1) is 19.0 Å². The molecule has 2 aromatic rings. The molecule has 0 saturated carbocycles. The number of nitrogens with zero attached hydrogens (tertiary/aromatic N) is 4. The molecule has 9 heteroatoms. The molecule has 1 saturated heterocycles. The number of ether oxygens (including phenoxy) is 1. The first-order valence-corrected chi connectivity index (χ1v) is 7.66. The summed E-state index contributed by atoms with van der Waals surface area (Å²) in [5, 5.41) is 6.71. The predicted octanol–water partition coefficient (Wildman–Crippen LogP) is 0.137. The summed E-state index contributed by atoms with van der Waals surface area (Å²) >= 11 is 0. The maximum atomic E-state index is 12.5.